The number of hydrogen-bond donors (Lipinski definition) is 1. The summed E-state index contributed by atoms with van der Waals surface area (Å²) in [6.45, 7) is 5.88. The Morgan fingerprint density at radius 3 is 2.67 bits per heavy atom. The molecular weight excluding hydrogens is 230 g/mol. The van der Waals surface area contributed by atoms with E-state index in [0.717, 1.165) is 18.7 Å². The van der Waals surface area contributed by atoms with Crippen molar-refractivity contribution in [2.45, 2.75) is 6.92 Å². The monoisotopic (exact) mass is 249 g/mol. The Morgan fingerprint density at radius 1 is 1.33 bits per heavy atom. The Hall–Kier alpha value is -1.46. The van der Waals surface area contributed by atoms with Crippen LogP contribution in [0.25, 0.3) is 0 Å². The molecule has 1 N–H and O–H groups in total. The summed E-state index contributed by atoms with van der Waals surface area (Å²) in [4.78, 5) is 20.3. The molecule has 1 amide bonds. The molecule has 0 aliphatic carbocycles. The summed E-state index contributed by atoms with van der Waals surface area (Å²) in [5.41, 5.74) is 1.66. The zero-order valence-corrected chi connectivity index (χ0v) is 10.7. The second-order valence-electron chi connectivity index (χ2n) is 4.61. The van der Waals surface area contributed by atoms with E-state index in [0.29, 0.717) is 25.2 Å². The molecule has 1 fully saturated rings. The summed E-state index contributed by atoms with van der Waals surface area (Å²) in [7, 11) is 0. The highest BCUT2D eigenvalue weighted by Crippen LogP contribution is 2.09. The normalized spacial score (nSPS) is 16.9. The van der Waals surface area contributed by atoms with E-state index in [1.807, 2.05) is 17.9 Å². The van der Waals surface area contributed by atoms with Crippen molar-refractivity contribution in [3.8, 4) is 0 Å². The lowest BCUT2D eigenvalue weighted by Gasteiger charge is -2.34. The molecule has 2 heterocycles. The molecule has 98 valence electrons. The fraction of sp³-hybridized carbons (Fsp3) is 0.538. The number of β-amino-alcohol motifs (C(OH)–C–C–N with tert-alkyl or cyclic N) is 1. The molecule has 1 aromatic rings. The molecule has 5 heteroatoms. The number of amides is 1. The number of aliphatic hydroxyl groups is 1. The van der Waals surface area contributed by atoms with Crippen molar-refractivity contribution in [2.75, 3.05) is 39.3 Å². The Bertz CT molecular complexity index is 414. The molecule has 0 spiro atoms. The first-order chi connectivity index (χ1) is 8.70. The van der Waals surface area contributed by atoms with Gasteiger partial charge in [0.1, 0.15) is 0 Å². The third kappa shape index (κ3) is 3.05. The number of aliphatic hydroxyl groups excluding tert-OH is 1. The highest BCUT2D eigenvalue weighted by atomic mass is 16.3. The Balaban J connectivity index is 1.95. The minimum absolute atomic E-state index is 0.0508. The summed E-state index contributed by atoms with van der Waals surface area (Å²) < 4.78 is 0. The van der Waals surface area contributed by atoms with Gasteiger partial charge >= 0.3 is 0 Å². The number of rotatable bonds is 3. The number of piperazine rings is 1. The van der Waals surface area contributed by atoms with Crippen LogP contribution in [0.15, 0.2) is 18.5 Å². The van der Waals surface area contributed by atoms with E-state index in [1.54, 1.807) is 12.4 Å². The number of pyridine rings is 1. The number of carbonyl (C=O) groups excluding carboxylic acids is 1. The first kappa shape index (κ1) is 13.0. The van der Waals surface area contributed by atoms with Crippen LogP contribution in [-0.4, -0.2) is 65.1 Å². The van der Waals surface area contributed by atoms with Gasteiger partial charge in [-0.25, -0.2) is 0 Å². The largest absolute Gasteiger partial charge is 0.395 e. The number of hydrogen-bond acceptors (Lipinski definition) is 4. The molecule has 0 radical (unpaired) electrons. The molecule has 0 saturated carbocycles. The number of nitrogens with zero attached hydrogens (tertiary/aromatic N) is 3. The van der Waals surface area contributed by atoms with Crippen molar-refractivity contribution in [1.29, 1.82) is 0 Å². The van der Waals surface area contributed by atoms with E-state index < -0.39 is 0 Å². The highest BCUT2D eigenvalue weighted by Gasteiger charge is 2.21. The van der Waals surface area contributed by atoms with Gasteiger partial charge in [-0.05, 0) is 18.6 Å². The molecule has 1 aliphatic rings. The lowest BCUT2D eigenvalue weighted by atomic mass is 10.2. The van der Waals surface area contributed by atoms with Crippen LogP contribution in [0.5, 0.6) is 0 Å². The van der Waals surface area contributed by atoms with Gasteiger partial charge in [0.2, 0.25) is 0 Å². The summed E-state index contributed by atoms with van der Waals surface area (Å²) in [5.74, 6) is 0.0508. The van der Waals surface area contributed by atoms with Crippen molar-refractivity contribution >= 4 is 5.91 Å². The van der Waals surface area contributed by atoms with Gasteiger partial charge in [-0.1, -0.05) is 0 Å². The summed E-state index contributed by atoms with van der Waals surface area (Å²) >= 11 is 0. The van der Waals surface area contributed by atoms with Gasteiger partial charge < -0.3 is 10.0 Å². The molecule has 0 unspecified atom stereocenters. The molecule has 0 aromatic carbocycles. The molecule has 0 bridgehead atoms. The van der Waals surface area contributed by atoms with Crippen LogP contribution in [-0.2, 0) is 0 Å². The molecule has 1 aliphatic heterocycles. The Labute approximate surface area is 107 Å². The van der Waals surface area contributed by atoms with Crippen LogP contribution in [0.2, 0.25) is 0 Å². The molecule has 1 saturated heterocycles. The molecule has 5 nitrogen and oxygen atoms in total. The highest BCUT2D eigenvalue weighted by molar-refractivity contribution is 5.94. The van der Waals surface area contributed by atoms with Gasteiger partial charge in [-0.3, -0.25) is 14.7 Å². The lowest BCUT2D eigenvalue weighted by molar-refractivity contribution is 0.0614. The van der Waals surface area contributed by atoms with Crippen molar-refractivity contribution in [2.24, 2.45) is 0 Å². The van der Waals surface area contributed by atoms with E-state index in [4.69, 9.17) is 5.11 Å². The van der Waals surface area contributed by atoms with Gasteiger partial charge in [0.15, 0.2) is 0 Å². The molecule has 2 rings (SSSR count). The minimum atomic E-state index is 0.0508. The summed E-state index contributed by atoms with van der Waals surface area (Å²) in [6.07, 6.45) is 3.37. The number of aromatic nitrogens is 1. The number of carbonyl (C=O) groups is 1. The first-order valence-electron chi connectivity index (χ1n) is 6.25. The standard InChI is InChI=1S/C13H19N3O2/c1-11-8-12(10-14-9-11)13(18)16-4-2-15(3-5-16)6-7-17/h8-10,17H,2-7H2,1H3. The fourth-order valence-corrected chi connectivity index (χ4v) is 2.17. The second-order valence-corrected chi connectivity index (χ2v) is 4.61. The van der Waals surface area contributed by atoms with Gasteiger partial charge in [-0.15, -0.1) is 0 Å². The quantitative estimate of drug-likeness (QED) is 0.828. The average Bonchev–Trinajstić information content (AvgIpc) is 2.39. The molecule has 1 aromatic heterocycles. The van der Waals surface area contributed by atoms with E-state index >= 15 is 0 Å². The minimum Gasteiger partial charge on any atom is -0.395 e. The smallest absolute Gasteiger partial charge is 0.255 e. The zero-order chi connectivity index (χ0) is 13.0. The lowest BCUT2D eigenvalue weighted by Crippen LogP contribution is -2.49. The molecular formula is C13H19N3O2. The Kier molecular flexibility index (Phi) is 4.28. The SMILES string of the molecule is Cc1cncc(C(=O)N2CCN(CCO)CC2)c1. The number of aryl methyl sites for hydroxylation is 1. The van der Waals surface area contributed by atoms with Crippen LogP contribution >= 0.6 is 0 Å². The predicted octanol–water partition coefficient (Wildman–Crippen LogP) is 0.140. The van der Waals surface area contributed by atoms with Crippen LogP contribution in [0.1, 0.15) is 15.9 Å². The Morgan fingerprint density at radius 2 is 2.06 bits per heavy atom. The molecule has 0 atom stereocenters. The van der Waals surface area contributed by atoms with Crippen molar-refractivity contribution in [3.05, 3.63) is 29.6 Å². The fourth-order valence-electron chi connectivity index (χ4n) is 2.17. The van der Waals surface area contributed by atoms with Gasteiger partial charge in [0.25, 0.3) is 5.91 Å². The predicted molar refractivity (Wildman–Crippen MR) is 68.4 cm³/mol. The zero-order valence-electron chi connectivity index (χ0n) is 10.7. The maximum Gasteiger partial charge on any atom is 0.255 e. The second kappa shape index (κ2) is 5.93. The topological polar surface area (TPSA) is 56.7 Å². The van der Waals surface area contributed by atoms with Crippen molar-refractivity contribution in [3.63, 3.8) is 0 Å². The van der Waals surface area contributed by atoms with Crippen LogP contribution in [0, 0.1) is 6.92 Å². The molecule has 18 heavy (non-hydrogen) atoms. The van der Waals surface area contributed by atoms with Crippen LogP contribution in [0.4, 0.5) is 0 Å². The van der Waals surface area contributed by atoms with Crippen molar-refractivity contribution < 1.29 is 9.90 Å². The van der Waals surface area contributed by atoms with Crippen LogP contribution < -0.4 is 0 Å². The van der Waals surface area contributed by atoms with Crippen molar-refractivity contribution in [1.82, 2.24) is 14.8 Å². The van der Waals surface area contributed by atoms with E-state index in [-0.39, 0.29) is 12.5 Å². The van der Waals surface area contributed by atoms with Gasteiger partial charge in [-0.2, -0.15) is 0 Å². The van der Waals surface area contributed by atoms with Crippen LogP contribution in [0.3, 0.4) is 0 Å². The summed E-state index contributed by atoms with van der Waals surface area (Å²) in [6, 6.07) is 1.87. The van der Waals surface area contributed by atoms with Gasteiger partial charge in [0.05, 0.1) is 12.2 Å². The van der Waals surface area contributed by atoms with E-state index in [2.05, 4.69) is 9.88 Å². The van der Waals surface area contributed by atoms with Gasteiger partial charge in [0, 0.05) is 45.1 Å². The third-order valence-electron chi connectivity index (χ3n) is 3.20. The third-order valence-corrected chi connectivity index (χ3v) is 3.20. The van der Waals surface area contributed by atoms with E-state index in [1.165, 1.54) is 0 Å². The maximum absolute atomic E-state index is 12.2. The maximum atomic E-state index is 12.2. The summed E-state index contributed by atoms with van der Waals surface area (Å²) in [5, 5.41) is 8.87. The van der Waals surface area contributed by atoms with E-state index in [9.17, 15) is 4.79 Å². The average molecular weight is 249 g/mol. The first-order valence-corrected chi connectivity index (χ1v) is 6.25.